The number of carboxylic acid groups (broad SMARTS) is 1. The number of rotatable bonds is 7. The van der Waals surface area contributed by atoms with Crippen molar-refractivity contribution in [1.29, 1.82) is 0 Å². The summed E-state index contributed by atoms with van der Waals surface area (Å²) in [4.78, 5) is 20.4. The Balaban J connectivity index is 0.00000289. The van der Waals surface area contributed by atoms with Crippen LogP contribution in [0.2, 0.25) is 0 Å². The molecule has 1 N–H and O–H groups in total. The summed E-state index contributed by atoms with van der Waals surface area (Å²) >= 11 is 1.54. The van der Waals surface area contributed by atoms with Crippen LogP contribution in [0.5, 0.6) is 0 Å². The molecule has 0 spiro atoms. The zero-order valence-corrected chi connectivity index (χ0v) is 20.8. The fourth-order valence-corrected chi connectivity index (χ4v) is 4.87. The number of benzene rings is 2. The largest absolute Gasteiger partial charge is 0.478 e. The van der Waals surface area contributed by atoms with Crippen LogP contribution in [0.4, 0.5) is 0 Å². The minimum atomic E-state index is -0.960. The number of aromatic nitrogens is 6. The van der Waals surface area contributed by atoms with Gasteiger partial charge in [0.1, 0.15) is 5.82 Å². The second-order valence-electron chi connectivity index (χ2n) is 7.74. The molecule has 2 aromatic carbocycles. The standard InChI is InChI=1S/C25H22N6O2S.ClH/c1-3-30-21-11-10-17(24(32)33)13-19(21)27-22(30)15-34-25-29-28-23(18-8-6-12-26-14-18)31(25)20-9-5-4-7-16(20)2;/h4-14H,3,15H2,1-2H3,(H,32,33);1H. The molecule has 3 aromatic heterocycles. The minimum Gasteiger partial charge on any atom is -0.478 e. The number of thioether (sulfide) groups is 1. The van der Waals surface area contributed by atoms with Gasteiger partial charge in [0.15, 0.2) is 11.0 Å². The molecule has 3 heterocycles. The van der Waals surface area contributed by atoms with Crippen LogP contribution < -0.4 is 0 Å². The van der Waals surface area contributed by atoms with Gasteiger partial charge in [0, 0.05) is 24.5 Å². The number of halogens is 1. The lowest BCUT2D eigenvalue weighted by Gasteiger charge is -2.13. The predicted molar refractivity (Wildman–Crippen MR) is 139 cm³/mol. The minimum absolute atomic E-state index is 0. The molecule has 0 bridgehead atoms. The third kappa shape index (κ3) is 4.65. The van der Waals surface area contributed by atoms with Gasteiger partial charge in [-0.1, -0.05) is 30.0 Å². The van der Waals surface area contributed by atoms with Crippen LogP contribution in [0.3, 0.4) is 0 Å². The van der Waals surface area contributed by atoms with Gasteiger partial charge in [-0.3, -0.25) is 9.55 Å². The van der Waals surface area contributed by atoms with Gasteiger partial charge in [0.25, 0.3) is 0 Å². The maximum absolute atomic E-state index is 11.4. The van der Waals surface area contributed by atoms with Gasteiger partial charge in [-0.05, 0) is 55.8 Å². The number of aromatic carboxylic acids is 1. The monoisotopic (exact) mass is 506 g/mol. The molecule has 0 aliphatic heterocycles. The molecule has 5 aromatic rings. The number of pyridine rings is 1. The van der Waals surface area contributed by atoms with E-state index >= 15 is 0 Å². The molecule has 0 aliphatic rings. The molecule has 35 heavy (non-hydrogen) atoms. The van der Waals surface area contributed by atoms with E-state index in [1.165, 1.54) is 0 Å². The molecule has 5 rings (SSSR count). The Morgan fingerprint density at radius 1 is 1.09 bits per heavy atom. The highest BCUT2D eigenvalue weighted by Gasteiger charge is 2.19. The van der Waals surface area contributed by atoms with Crippen molar-refractivity contribution in [2.24, 2.45) is 0 Å². The molecule has 0 aliphatic carbocycles. The molecular formula is C25H23ClN6O2S. The van der Waals surface area contributed by atoms with Crippen molar-refractivity contribution in [2.45, 2.75) is 31.3 Å². The molecule has 10 heteroatoms. The van der Waals surface area contributed by atoms with Crippen molar-refractivity contribution in [3.05, 3.63) is 83.9 Å². The van der Waals surface area contributed by atoms with E-state index in [-0.39, 0.29) is 18.0 Å². The lowest BCUT2D eigenvalue weighted by atomic mass is 10.2. The third-order valence-corrected chi connectivity index (χ3v) is 6.56. The van der Waals surface area contributed by atoms with E-state index in [0.717, 1.165) is 45.7 Å². The molecule has 178 valence electrons. The normalized spacial score (nSPS) is 10.9. The predicted octanol–water partition coefficient (Wildman–Crippen LogP) is 5.42. The Hall–Kier alpha value is -3.69. The summed E-state index contributed by atoms with van der Waals surface area (Å²) in [5.41, 5.74) is 4.81. The first-order valence-electron chi connectivity index (χ1n) is 10.8. The first kappa shape index (κ1) is 24.4. The van der Waals surface area contributed by atoms with Crippen LogP contribution in [0, 0.1) is 6.92 Å². The number of hydrogen-bond acceptors (Lipinski definition) is 6. The van der Waals surface area contributed by atoms with E-state index in [0.29, 0.717) is 11.3 Å². The second kappa shape index (κ2) is 10.3. The summed E-state index contributed by atoms with van der Waals surface area (Å²) < 4.78 is 4.16. The molecule has 0 unspecified atom stereocenters. The number of aryl methyl sites for hydroxylation is 2. The van der Waals surface area contributed by atoms with Crippen LogP contribution >= 0.6 is 24.2 Å². The van der Waals surface area contributed by atoms with Crippen molar-refractivity contribution in [2.75, 3.05) is 0 Å². The lowest BCUT2D eigenvalue weighted by molar-refractivity contribution is 0.0697. The fraction of sp³-hybridized carbons (Fsp3) is 0.160. The van der Waals surface area contributed by atoms with Crippen molar-refractivity contribution < 1.29 is 9.90 Å². The zero-order chi connectivity index (χ0) is 23.7. The van der Waals surface area contributed by atoms with E-state index in [9.17, 15) is 9.90 Å². The van der Waals surface area contributed by atoms with E-state index in [4.69, 9.17) is 4.98 Å². The smallest absolute Gasteiger partial charge is 0.335 e. The highest BCUT2D eigenvalue weighted by Crippen LogP contribution is 2.31. The van der Waals surface area contributed by atoms with Gasteiger partial charge < -0.3 is 9.67 Å². The molecular weight excluding hydrogens is 484 g/mol. The highest BCUT2D eigenvalue weighted by molar-refractivity contribution is 7.98. The summed E-state index contributed by atoms with van der Waals surface area (Å²) in [7, 11) is 0. The first-order valence-corrected chi connectivity index (χ1v) is 11.8. The SMILES string of the molecule is CCn1c(CSc2nnc(-c3cccnc3)n2-c2ccccc2C)nc2cc(C(=O)O)ccc21.Cl. The number of imidazole rings is 1. The van der Waals surface area contributed by atoms with Crippen LogP contribution in [-0.4, -0.2) is 40.4 Å². The lowest BCUT2D eigenvalue weighted by Crippen LogP contribution is -2.04. The molecule has 0 saturated carbocycles. The molecule has 0 amide bonds. The van der Waals surface area contributed by atoms with Gasteiger partial charge >= 0.3 is 5.97 Å². The molecule has 0 radical (unpaired) electrons. The maximum atomic E-state index is 11.4. The summed E-state index contributed by atoms with van der Waals surface area (Å²) in [5, 5.41) is 19.1. The van der Waals surface area contributed by atoms with Crippen molar-refractivity contribution >= 4 is 41.2 Å². The number of nitrogens with zero attached hydrogens (tertiary/aromatic N) is 6. The van der Waals surface area contributed by atoms with Crippen molar-refractivity contribution in [3.8, 4) is 17.1 Å². The topological polar surface area (TPSA) is 98.7 Å². The Bertz CT molecular complexity index is 1500. The Morgan fingerprint density at radius 3 is 2.63 bits per heavy atom. The van der Waals surface area contributed by atoms with Gasteiger partial charge in [0.05, 0.1) is 28.0 Å². The summed E-state index contributed by atoms with van der Waals surface area (Å²) in [5.74, 6) is 1.17. The fourth-order valence-electron chi connectivity index (χ4n) is 3.98. The third-order valence-electron chi connectivity index (χ3n) is 5.63. The second-order valence-corrected chi connectivity index (χ2v) is 8.68. The number of para-hydroxylation sites is 1. The number of hydrogen-bond donors (Lipinski definition) is 1. The van der Waals surface area contributed by atoms with Crippen LogP contribution in [0.15, 0.2) is 72.1 Å². The van der Waals surface area contributed by atoms with Crippen LogP contribution in [0.25, 0.3) is 28.1 Å². The van der Waals surface area contributed by atoms with E-state index in [1.54, 1.807) is 36.3 Å². The highest BCUT2D eigenvalue weighted by atomic mass is 35.5. The number of carboxylic acids is 1. The molecule has 0 saturated heterocycles. The van der Waals surface area contributed by atoms with Crippen molar-refractivity contribution in [1.82, 2.24) is 29.3 Å². The quantitative estimate of drug-likeness (QED) is 0.294. The van der Waals surface area contributed by atoms with E-state index < -0.39 is 5.97 Å². The number of carbonyl (C=O) groups is 1. The van der Waals surface area contributed by atoms with Gasteiger partial charge in [-0.15, -0.1) is 22.6 Å². The Labute approximate surface area is 212 Å². The summed E-state index contributed by atoms with van der Waals surface area (Å²) in [6.07, 6.45) is 3.52. The zero-order valence-electron chi connectivity index (χ0n) is 19.1. The molecule has 8 nitrogen and oxygen atoms in total. The molecule has 0 fully saturated rings. The summed E-state index contributed by atoms with van der Waals surface area (Å²) in [6, 6.07) is 17.0. The van der Waals surface area contributed by atoms with Crippen LogP contribution in [-0.2, 0) is 12.3 Å². The van der Waals surface area contributed by atoms with E-state index in [2.05, 4.69) is 50.3 Å². The average Bonchev–Trinajstić information content (AvgIpc) is 3.43. The van der Waals surface area contributed by atoms with Crippen molar-refractivity contribution in [3.63, 3.8) is 0 Å². The Kier molecular flexibility index (Phi) is 7.18. The maximum Gasteiger partial charge on any atom is 0.335 e. The first-order chi connectivity index (χ1) is 16.6. The van der Waals surface area contributed by atoms with Gasteiger partial charge in [0.2, 0.25) is 0 Å². The van der Waals surface area contributed by atoms with E-state index in [1.807, 2.05) is 30.3 Å². The number of fused-ring (bicyclic) bond motifs is 1. The Morgan fingerprint density at radius 2 is 1.91 bits per heavy atom. The molecule has 0 atom stereocenters. The van der Waals surface area contributed by atoms with Crippen LogP contribution in [0.1, 0.15) is 28.7 Å². The van der Waals surface area contributed by atoms with Gasteiger partial charge in [-0.25, -0.2) is 9.78 Å². The summed E-state index contributed by atoms with van der Waals surface area (Å²) in [6.45, 7) is 4.84. The van der Waals surface area contributed by atoms with Gasteiger partial charge in [-0.2, -0.15) is 0 Å². The average molecular weight is 507 g/mol.